The molecule has 0 saturated heterocycles. The second-order valence-electron chi connectivity index (χ2n) is 4.51. The molecule has 1 fully saturated rings. The Bertz CT molecular complexity index is 381. The van der Waals surface area contributed by atoms with Crippen LogP contribution in [0.25, 0.3) is 0 Å². The summed E-state index contributed by atoms with van der Waals surface area (Å²) >= 11 is 0. The molecule has 1 saturated carbocycles. The van der Waals surface area contributed by atoms with Crippen molar-refractivity contribution in [1.29, 1.82) is 0 Å². The summed E-state index contributed by atoms with van der Waals surface area (Å²) in [7, 11) is 1.90. The molecule has 2 unspecified atom stereocenters. The second-order valence-corrected chi connectivity index (χ2v) is 4.51. The number of rotatable bonds is 2. The van der Waals surface area contributed by atoms with Crippen LogP contribution in [-0.2, 0) is 11.8 Å². The maximum atomic E-state index is 11.0. The van der Waals surface area contributed by atoms with Gasteiger partial charge in [0.15, 0.2) is 0 Å². The molecule has 0 aliphatic heterocycles. The fourth-order valence-electron chi connectivity index (χ4n) is 2.26. The van der Waals surface area contributed by atoms with E-state index >= 15 is 0 Å². The third kappa shape index (κ3) is 1.06. The molecular weight excluding hydrogens is 180 g/mol. The van der Waals surface area contributed by atoms with Crippen LogP contribution in [0.1, 0.15) is 25.6 Å². The first-order valence-electron chi connectivity index (χ1n) is 4.66. The maximum Gasteiger partial charge on any atom is 0.307 e. The van der Waals surface area contributed by atoms with E-state index in [1.807, 2.05) is 31.7 Å². The lowest BCUT2D eigenvalue weighted by Crippen LogP contribution is -2.03. The first-order valence-corrected chi connectivity index (χ1v) is 4.66. The highest BCUT2D eigenvalue weighted by atomic mass is 16.4. The highest BCUT2D eigenvalue weighted by molar-refractivity contribution is 5.77. The fourth-order valence-corrected chi connectivity index (χ4v) is 2.26. The van der Waals surface area contributed by atoms with E-state index in [0.717, 1.165) is 5.82 Å². The third-order valence-corrected chi connectivity index (χ3v) is 3.23. The Morgan fingerprint density at radius 3 is 2.64 bits per heavy atom. The second kappa shape index (κ2) is 2.59. The molecule has 14 heavy (non-hydrogen) atoms. The molecule has 2 atom stereocenters. The Balaban J connectivity index is 2.32. The minimum atomic E-state index is -0.719. The van der Waals surface area contributed by atoms with E-state index in [0.29, 0.717) is 0 Å². The largest absolute Gasteiger partial charge is 0.481 e. The molecule has 1 heterocycles. The zero-order valence-electron chi connectivity index (χ0n) is 8.56. The predicted octanol–water partition coefficient (Wildman–Crippen LogP) is 1.24. The molecule has 0 radical (unpaired) electrons. The van der Waals surface area contributed by atoms with Gasteiger partial charge in [0.1, 0.15) is 5.82 Å². The summed E-state index contributed by atoms with van der Waals surface area (Å²) in [6.45, 7) is 3.95. The van der Waals surface area contributed by atoms with Crippen molar-refractivity contribution >= 4 is 5.97 Å². The lowest BCUT2D eigenvalue weighted by atomic mass is 10.1. The number of aryl methyl sites for hydroxylation is 1. The summed E-state index contributed by atoms with van der Waals surface area (Å²) < 4.78 is 1.90. The van der Waals surface area contributed by atoms with Crippen LogP contribution in [0.2, 0.25) is 0 Å². The van der Waals surface area contributed by atoms with Gasteiger partial charge in [0, 0.05) is 25.4 Å². The van der Waals surface area contributed by atoms with Crippen molar-refractivity contribution in [3.05, 3.63) is 18.2 Å². The van der Waals surface area contributed by atoms with Crippen molar-refractivity contribution < 1.29 is 9.90 Å². The van der Waals surface area contributed by atoms with Crippen molar-refractivity contribution in [3.63, 3.8) is 0 Å². The van der Waals surface area contributed by atoms with Gasteiger partial charge in [-0.1, -0.05) is 13.8 Å². The van der Waals surface area contributed by atoms with Crippen molar-refractivity contribution in [1.82, 2.24) is 9.55 Å². The molecule has 0 aromatic carbocycles. The third-order valence-electron chi connectivity index (χ3n) is 3.23. The average molecular weight is 194 g/mol. The lowest BCUT2D eigenvalue weighted by molar-refractivity contribution is -0.139. The highest BCUT2D eigenvalue weighted by Gasteiger charge is 2.64. The molecule has 1 N–H and O–H groups in total. The Labute approximate surface area is 82.6 Å². The van der Waals surface area contributed by atoms with Gasteiger partial charge >= 0.3 is 5.97 Å². The lowest BCUT2D eigenvalue weighted by Gasteiger charge is -2.01. The first-order chi connectivity index (χ1) is 6.46. The van der Waals surface area contributed by atoms with E-state index in [9.17, 15) is 4.79 Å². The van der Waals surface area contributed by atoms with Gasteiger partial charge in [-0.2, -0.15) is 0 Å². The zero-order valence-corrected chi connectivity index (χ0v) is 8.56. The number of aromatic nitrogens is 2. The van der Waals surface area contributed by atoms with Crippen LogP contribution in [0.5, 0.6) is 0 Å². The number of hydrogen-bond acceptors (Lipinski definition) is 2. The van der Waals surface area contributed by atoms with E-state index in [-0.39, 0.29) is 17.3 Å². The van der Waals surface area contributed by atoms with E-state index < -0.39 is 5.97 Å². The van der Waals surface area contributed by atoms with Crippen molar-refractivity contribution in [3.8, 4) is 0 Å². The molecule has 0 bridgehead atoms. The number of hydrogen-bond donors (Lipinski definition) is 1. The summed E-state index contributed by atoms with van der Waals surface area (Å²) in [4.78, 5) is 15.2. The van der Waals surface area contributed by atoms with Gasteiger partial charge in [-0.25, -0.2) is 4.98 Å². The Kier molecular flexibility index (Phi) is 1.71. The van der Waals surface area contributed by atoms with Gasteiger partial charge in [0.25, 0.3) is 0 Å². The monoisotopic (exact) mass is 194 g/mol. The Morgan fingerprint density at radius 2 is 2.29 bits per heavy atom. The van der Waals surface area contributed by atoms with E-state index in [2.05, 4.69) is 4.98 Å². The molecule has 76 valence electrons. The topological polar surface area (TPSA) is 55.1 Å². The smallest absolute Gasteiger partial charge is 0.307 e. The molecule has 4 nitrogen and oxygen atoms in total. The van der Waals surface area contributed by atoms with Crippen LogP contribution in [0.3, 0.4) is 0 Å². The van der Waals surface area contributed by atoms with Crippen LogP contribution in [0.4, 0.5) is 0 Å². The molecule has 1 aliphatic carbocycles. The summed E-state index contributed by atoms with van der Waals surface area (Å²) in [6.07, 6.45) is 3.56. The first kappa shape index (κ1) is 9.24. The van der Waals surface area contributed by atoms with Gasteiger partial charge < -0.3 is 9.67 Å². The number of nitrogens with zero attached hydrogens (tertiary/aromatic N) is 2. The summed E-state index contributed by atoms with van der Waals surface area (Å²) in [5.41, 5.74) is -0.162. The van der Waals surface area contributed by atoms with Crippen LogP contribution >= 0.6 is 0 Å². The predicted molar refractivity (Wildman–Crippen MR) is 50.9 cm³/mol. The normalized spacial score (nSPS) is 28.8. The number of carbonyl (C=O) groups is 1. The minimum absolute atomic E-state index is 0.0556. The molecule has 4 heteroatoms. The molecule has 1 aromatic rings. The Morgan fingerprint density at radius 1 is 1.64 bits per heavy atom. The van der Waals surface area contributed by atoms with Gasteiger partial charge in [-0.15, -0.1) is 0 Å². The van der Waals surface area contributed by atoms with Crippen molar-refractivity contribution in [2.45, 2.75) is 19.8 Å². The van der Waals surface area contributed by atoms with Gasteiger partial charge in [0.2, 0.25) is 0 Å². The molecule has 0 amide bonds. The number of aliphatic carboxylic acids is 1. The van der Waals surface area contributed by atoms with Gasteiger partial charge in [-0.3, -0.25) is 4.79 Å². The summed E-state index contributed by atoms with van der Waals surface area (Å²) in [6, 6.07) is 0. The standard InChI is InChI=1S/C10H14N2O2/c1-10(2)6(7(10)9(13)14)8-11-4-5-12(8)3/h4-7H,1-3H3,(H,13,14). The van der Waals surface area contributed by atoms with Gasteiger partial charge in [0.05, 0.1) is 5.92 Å². The van der Waals surface area contributed by atoms with Crippen LogP contribution in [0.15, 0.2) is 12.4 Å². The number of carboxylic acids is 1. The quantitative estimate of drug-likeness (QED) is 0.770. The van der Waals surface area contributed by atoms with Crippen LogP contribution in [0, 0.1) is 11.3 Å². The molecule has 2 rings (SSSR count). The van der Waals surface area contributed by atoms with Gasteiger partial charge in [-0.05, 0) is 5.41 Å². The summed E-state index contributed by atoms with van der Waals surface area (Å²) in [5, 5.41) is 9.01. The minimum Gasteiger partial charge on any atom is -0.481 e. The molecule has 0 spiro atoms. The highest BCUT2D eigenvalue weighted by Crippen LogP contribution is 2.63. The Hall–Kier alpha value is -1.32. The fraction of sp³-hybridized carbons (Fsp3) is 0.600. The number of imidazole rings is 1. The molecule has 1 aliphatic rings. The van der Waals surface area contributed by atoms with Crippen LogP contribution < -0.4 is 0 Å². The van der Waals surface area contributed by atoms with E-state index in [1.165, 1.54) is 0 Å². The zero-order chi connectivity index (χ0) is 10.5. The van der Waals surface area contributed by atoms with E-state index in [4.69, 9.17) is 5.11 Å². The van der Waals surface area contributed by atoms with Crippen molar-refractivity contribution in [2.24, 2.45) is 18.4 Å². The average Bonchev–Trinajstić information content (AvgIpc) is 2.42. The van der Waals surface area contributed by atoms with Crippen molar-refractivity contribution in [2.75, 3.05) is 0 Å². The van der Waals surface area contributed by atoms with Crippen LogP contribution in [-0.4, -0.2) is 20.6 Å². The summed E-state index contributed by atoms with van der Waals surface area (Å²) in [5.74, 6) is -0.0750. The molecule has 1 aromatic heterocycles. The number of carboxylic acid groups (broad SMARTS) is 1. The van der Waals surface area contributed by atoms with E-state index in [1.54, 1.807) is 6.20 Å². The SMILES string of the molecule is Cn1ccnc1C1C(C(=O)O)C1(C)C. The molecular formula is C10H14N2O2. The maximum absolute atomic E-state index is 11.0.